The smallest absolute Gasteiger partial charge is 0.435 e. The van der Waals surface area contributed by atoms with Crippen molar-refractivity contribution in [1.29, 1.82) is 0 Å². The van der Waals surface area contributed by atoms with Gasteiger partial charge in [0.15, 0.2) is 5.69 Å². The Morgan fingerprint density at radius 3 is 2.61 bits per heavy atom. The number of rotatable bonds is 4. The normalized spacial score (nSPS) is 17.8. The second-order valence-electron chi connectivity index (χ2n) is 4.43. The highest BCUT2D eigenvalue weighted by Gasteiger charge is 2.39. The molecule has 0 aromatic carbocycles. The van der Waals surface area contributed by atoms with Crippen molar-refractivity contribution in [2.24, 2.45) is 0 Å². The van der Waals surface area contributed by atoms with Crippen molar-refractivity contribution < 1.29 is 23.1 Å². The lowest BCUT2D eigenvalue weighted by Crippen LogP contribution is -2.21. The molecule has 0 saturated heterocycles. The van der Waals surface area contributed by atoms with Gasteiger partial charge in [0.05, 0.1) is 0 Å². The highest BCUT2D eigenvalue weighted by atomic mass is 19.4. The van der Waals surface area contributed by atoms with Gasteiger partial charge in [-0.15, -0.1) is 0 Å². The fourth-order valence-electron chi connectivity index (χ4n) is 1.93. The summed E-state index contributed by atoms with van der Waals surface area (Å²) in [4.78, 5) is 11.0. The van der Waals surface area contributed by atoms with Crippen molar-refractivity contribution in [3.05, 3.63) is 17.5 Å². The van der Waals surface area contributed by atoms with Crippen molar-refractivity contribution in [1.82, 2.24) is 9.78 Å². The zero-order chi connectivity index (χ0) is 13.5. The summed E-state index contributed by atoms with van der Waals surface area (Å²) in [6.45, 7) is 1.62. The minimum Gasteiger partial charge on any atom is -0.480 e. The molecule has 1 aromatic heterocycles. The van der Waals surface area contributed by atoms with Crippen LogP contribution in [0.3, 0.4) is 0 Å². The maximum Gasteiger partial charge on any atom is 0.435 e. The molecule has 1 N–H and O–H groups in total. The van der Waals surface area contributed by atoms with Crippen LogP contribution in [0.1, 0.15) is 49.5 Å². The molecule has 0 radical (unpaired) electrons. The Morgan fingerprint density at radius 1 is 1.61 bits per heavy atom. The zero-order valence-electron chi connectivity index (χ0n) is 9.74. The third-order valence-electron chi connectivity index (χ3n) is 3.02. The van der Waals surface area contributed by atoms with Crippen LogP contribution in [0.2, 0.25) is 0 Å². The summed E-state index contributed by atoms with van der Waals surface area (Å²) in [5.41, 5.74) is -0.624. The summed E-state index contributed by atoms with van der Waals surface area (Å²) in [6, 6.07) is -0.0554. The molecular weight excluding hydrogens is 249 g/mol. The molecule has 1 atom stereocenters. The number of alkyl halides is 3. The predicted molar refractivity (Wildman–Crippen MR) is 56.2 cm³/mol. The van der Waals surface area contributed by atoms with Gasteiger partial charge < -0.3 is 5.11 Å². The number of nitrogens with zero attached hydrogens (tertiary/aromatic N) is 2. The third kappa shape index (κ3) is 2.34. The molecule has 1 heterocycles. The molecule has 1 aliphatic rings. The molecular formula is C11H13F3N2O2. The van der Waals surface area contributed by atoms with E-state index in [1.807, 2.05) is 0 Å². The molecule has 1 saturated carbocycles. The second kappa shape index (κ2) is 4.29. The minimum atomic E-state index is -4.54. The summed E-state index contributed by atoms with van der Waals surface area (Å²) >= 11 is 0. The standard InChI is InChI=1S/C11H13F3N2O2/c1-2-7(10(17)18)16-8(6-3-4-6)5-9(15-16)11(12,13)14/h5-7H,2-4H2,1H3,(H,17,18)/t7-/m0/s1. The minimum absolute atomic E-state index is 0.0157. The van der Waals surface area contributed by atoms with Gasteiger partial charge in [-0.25, -0.2) is 4.79 Å². The second-order valence-corrected chi connectivity index (χ2v) is 4.43. The van der Waals surface area contributed by atoms with Gasteiger partial charge in [0.1, 0.15) is 6.04 Å². The molecule has 0 amide bonds. The van der Waals surface area contributed by atoms with Crippen LogP contribution in [-0.4, -0.2) is 20.9 Å². The number of carboxylic acid groups (broad SMARTS) is 1. The van der Waals surface area contributed by atoms with Crippen LogP contribution in [-0.2, 0) is 11.0 Å². The Hall–Kier alpha value is -1.53. The maximum atomic E-state index is 12.6. The number of carboxylic acids is 1. The van der Waals surface area contributed by atoms with Crippen molar-refractivity contribution in [3.63, 3.8) is 0 Å². The van der Waals surface area contributed by atoms with Gasteiger partial charge >= 0.3 is 12.1 Å². The van der Waals surface area contributed by atoms with E-state index >= 15 is 0 Å². The largest absolute Gasteiger partial charge is 0.480 e. The highest BCUT2D eigenvalue weighted by Crippen LogP contribution is 2.43. The average Bonchev–Trinajstić information content (AvgIpc) is 2.98. The first-order chi connectivity index (χ1) is 8.34. The number of halogens is 3. The summed E-state index contributed by atoms with van der Waals surface area (Å²) in [7, 11) is 0. The van der Waals surface area contributed by atoms with Crippen molar-refractivity contribution >= 4 is 5.97 Å². The predicted octanol–water partition coefficient (Wildman–Crippen LogP) is 2.82. The summed E-state index contributed by atoms with van der Waals surface area (Å²) in [5.74, 6) is -1.14. The molecule has 18 heavy (non-hydrogen) atoms. The third-order valence-corrected chi connectivity index (χ3v) is 3.02. The lowest BCUT2D eigenvalue weighted by Gasteiger charge is -2.13. The van der Waals surface area contributed by atoms with Crippen LogP contribution in [0.4, 0.5) is 13.2 Å². The summed E-state index contributed by atoms with van der Waals surface area (Å²) in [6.07, 6.45) is -2.75. The van der Waals surface area contributed by atoms with E-state index in [1.54, 1.807) is 6.92 Å². The Labute approximate surface area is 101 Å². The zero-order valence-corrected chi connectivity index (χ0v) is 9.74. The van der Waals surface area contributed by atoms with Gasteiger partial charge in [0.2, 0.25) is 0 Å². The van der Waals surface area contributed by atoms with Crippen molar-refractivity contribution in [2.75, 3.05) is 0 Å². The van der Waals surface area contributed by atoms with Crippen LogP contribution >= 0.6 is 0 Å². The molecule has 0 aliphatic heterocycles. The van der Waals surface area contributed by atoms with Gasteiger partial charge in [-0.2, -0.15) is 18.3 Å². The molecule has 7 heteroatoms. The van der Waals surface area contributed by atoms with Gasteiger partial charge in [-0.05, 0) is 25.3 Å². The molecule has 1 aliphatic carbocycles. The molecule has 1 fully saturated rings. The maximum absolute atomic E-state index is 12.6. The van der Waals surface area contributed by atoms with Gasteiger partial charge in [0.25, 0.3) is 0 Å². The van der Waals surface area contributed by atoms with Crippen LogP contribution in [0.25, 0.3) is 0 Å². The van der Waals surface area contributed by atoms with E-state index in [-0.39, 0.29) is 12.3 Å². The molecule has 0 bridgehead atoms. The Balaban J connectivity index is 2.44. The van der Waals surface area contributed by atoms with E-state index in [0.717, 1.165) is 23.6 Å². The molecule has 0 spiro atoms. The Bertz CT molecular complexity index is 463. The number of aromatic nitrogens is 2. The van der Waals surface area contributed by atoms with Crippen LogP contribution in [0, 0.1) is 0 Å². The van der Waals surface area contributed by atoms with Crippen molar-refractivity contribution in [2.45, 2.75) is 44.3 Å². The number of hydrogen-bond donors (Lipinski definition) is 1. The first-order valence-corrected chi connectivity index (χ1v) is 5.74. The van der Waals surface area contributed by atoms with E-state index in [1.165, 1.54) is 0 Å². The number of hydrogen-bond acceptors (Lipinski definition) is 2. The lowest BCUT2D eigenvalue weighted by atomic mass is 10.2. The summed E-state index contributed by atoms with van der Waals surface area (Å²) in [5, 5.41) is 12.5. The lowest BCUT2D eigenvalue weighted by molar-refractivity contribution is -0.144. The Morgan fingerprint density at radius 2 is 2.22 bits per heavy atom. The molecule has 1 aromatic rings. The van der Waals surface area contributed by atoms with Gasteiger partial charge in [0, 0.05) is 11.6 Å². The van der Waals surface area contributed by atoms with Gasteiger partial charge in [-0.1, -0.05) is 6.92 Å². The quantitative estimate of drug-likeness (QED) is 0.907. The summed E-state index contributed by atoms with van der Waals surface area (Å²) < 4.78 is 38.9. The van der Waals surface area contributed by atoms with Crippen LogP contribution in [0.15, 0.2) is 6.07 Å². The number of carbonyl (C=O) groups is 1. The van der Waals surface area contributed by atoms with E-state index in [2.05, 4.69) is 5.10 Å². The van der Waals surface area contributed by atoms with Crippen LogP contribution in [0.5, 0.6) is 0 Å². The van der Waals surface area contributed by atoms with E-state index < -0.39 is 23.9 Å². The average molecular weight is 262 g/mol. The van der Waals surface area contributed by atoms with E-state index in [0.29, 0.717) is 5.69 Å². The first-order valence-electron chi connectivity index (χ1n) is 5.74. The Kier molecular flexibility index (Phi) is 3.08. The highest BCUT2D eigenvalue weighted by molar-refractivity contribution is 5.71. The fourth-order valence-corrected chi connectivity index (χ4v) is 1.93. The van der Waals surface area contributed by atoms with Crippen molar-refractivity contribution in [3.8, 4) is 0 Å². The van der Waals surface area contributed by atoms with E-state index in [4.69, 9.17) is 5.11 Å². The molecule has 2 rings (SSSR count). The number of aliphatic carboxylic acids is 1. The molecule has 4 nitrogen and oxygen atoms in total. The topological polar surface area (TPSA) is 55.1 Å². The van der Waals surface area contributed by atoms with Crippen LogP contribution < -0.4 is 0 Å². The first kappa shape index (κ1) is 12.9. The molecule has 100 valence electrons. The fraction of sp³-hybridized carbons (Fsp3) is 0.636. The molecule has 0 unspecified atom stereocenters. The SMILES string of the molecule is CC[C@@H](C(=O)O)n1nc(C(F)(F)F)cc1C1CC1. The van der Waals surface area contributed by atoms with Gasteiger partial charge in [-0.3, -0.25) is 4.68 Å². The van der Waals surface area contributed by atoms with E-state index in [9.17, 15) is 18.0 Å². The monoisotopic (exact) mass is 262 g/mol.